The fourth-order valence-electron chi connectivity index (χ4n) is 2.35. The van der Waals surface area contributed by atoms with E-state index in [1.165, 1.54) is 25.1 Å². The van der Waals surface area contributed by atoms with Crippen molar-refractivity contribution in [2.45, 2.75) is 39.2 Å². The van der Waals surface area contributed by atoms with Crippen molar-refractivity contribution in [1.82, 2.24) is 10.3 Å². The highest BCUT2D eigenvalue weighted by molar-refractivity contribution is 5.05. The van der Waals surface area contributed by atoms with Gasteiger partial charge in [-0.15, -0.1) is 0 Å². The van der Waals surface area contributed by atoms with E-state index in [2.05, 4.69) is 36.3 Å². The number of rotatable bonds is 5. The lowest BCUT2D eigenvalue weighted by Gasteiger charge is -2.37. The Morgan fingerprint density at radius 2 is 2.12 bits per heavy atom. The van der Waals surface area contributed by atoms with E-state index in [0.717, 1.165) is 18.3 Å². The van der Waals surface area contributed by atoms with E-state index in [-0.39, 0.29) is 0 Å². The number of nitrogens with one attached hydrogen (secondary N) is 1. The molecule has 0 saturated heterocycles. The number of nitrogens with zero attached hydrogens (tertiary/aromatic N) is 1. The molecule has 1 saturated carbocycles. The van der Waals surface area contributed by atoms with Gasteiger partial charge in [0.05, 0.1) is 0 Å². The first-order valence-electron chi connectivity index (χ1n) is 6.39. The minimum absolute atomic E-state index is 0.608. The van der Waals surface area contributed by atoms with Crippen LogP contribution in [-0.2, 0) is 6.42 Å². The summed E-state index contributed by atoms with van der Waals surface area (Å²) in [6.07, 6.45) is 5.82. The summed E-state index contributed by atoms with van der Waals surface area (Å²) in [7, 11) is 0. The molecule has 1 aliphatic rings. The summed E-state index contributed by atoms with van der Waals surface area (Å²) in [4.78, 5) is 4.41. The first-order valence-corrected chi connectivity index (χ1v) is 6.39. The molecule has 0 radical (unpaired) electrons. The van der Waals surface area contributed by atoms with Gasteiger partial charge in [-0.3, -0.25) is 4.98 Å². The average Bonchev–Trinajstić information content (AvgIpc) is 2.26. The van der Waals surface area contributed by atoms with Crippen molar-refractivity contribution < 1.29 is 0 Å². The van der Waals surface area contributed by atoms with Crippen LogP contribution < -0.4 is 5.32 Å². The molecule has 2 nitrogen and oxygen atoms in total. The molecule has 0 spiro atoms. The lowest BCUT2D eigenvalue weighted by Crippen LogP contribution is -2.38. The Kier molecular flexibility index (Phi) is 3.94. The quantitative estimate of drug-likeness (QED) is 0.822. The molecule has 0 bridgehead atoms. The van der Waals surface area contributed by atoms with E-state index in [1.807, 2.05) is 12.3 Å². The summed E-state index contributed by atoms with van der Waals surface area (Å²) < 4.78 is 0. The standard InChI is InChI=1S/C14H22N2/c1-11(2)16-10-13-7-6-12(13)9-14-5-3-4-8-15-14/h3-5,8,11-13,16H,6-7,9-10H2,1-2H3. The van der Waals surface area contributed by atoms with Crippen LogP contribution in [0.1, 0.15) is 32.4 Å². The summed E-state index contributed by atoms with van der Waals surface area (Å²) in [5, 5.41) is 3.54. The second kappa shape index (κ2) is 5.44. The van der Waals surface area contributed by atoms with Crippen LogP contribution in [0.15, 0.2) is 24.4 Å². The Hall–Kier alpha value is -0.890. The van der Waals surface area contributed by atoms with E-state index in [0.29, 0.717) is 6.04 Å². The van der Waals surface area contributed by atoms with Crippen molar-refractivity contribution in [3.05, 3.63) is 30.1 Å². The van der Waals surface area contributed by atoms with Crippen LogP contribution in [0.2, 0.25) is 0 Å². The van der Waals surface area contributed by atoms with Crippen molar-refractivity contribution in [2.75, 3.05) is 6.54 Å². The lowest BCUT2D eigenvalue weighted by molar-refractivity contribution is 0.166. The maximum absolute atomic E-state index is 4.41. The lowest BCUT2D eigenvalue weighted by atomic mass is 9.71. The Morgan fingerprint density at radius 3 is 2.69 bits per heavy atom. The molecule has 1 N–H and O–H groups in total. The van der Waals surface area contributed by atoms with Crippen LogP contribution in [0.25, 0.3) is 0 Å². The molecule has 2 atom stereocenters. The van der Waals surface area contributed by atoms with Crippen molar-refractivity contribution in [3.8, 4) is 0 Å². The van der Waals surface area contributed by atoms with Gasteiger partial charge in [-0.2, -0.15) is 0 Å². The summed E-state index contributed by atoms with van der Waals surface area (Å²) >= 11 is 0. The highest BCUT2D eigenvalue weighted by Gasteiger charge is 2.30. The molecule has 16 heavy (non-hydrogen) atoms. The molecule has 1 fully saturated rings. The average molecular weight is 218 g/mol. The summed E-state index contributed by atoms with van der Waals surface area (Å²) in [5.74, 6) is 1.71. The fourth-order valence-corrected chi connectivity index (χ4v) is 2.35. The van der Waals surface area contributed by atoms with Gasteiger partial charge >= 0.3 is 0 Å². The van der Waals surface area contributed by atoms with Crippen LogP contribution >= 0.6 is 0 Å². The van der Waals surface area contributed by atoms with Crippen LogP contribution in [0.4, 0.5) is 0 Å². The molecule has 2 rings (SSSR count). The maximum atomic E-state index is 4.41. The van der Waals surface area contributed by atoms with Gasteiger partial charge in [-0.05, 0) is 49.8 Å². The fraction of sp³-hybridized carbons (Fsp3) is 0.643. The summed E-state index contributed by atoms with van der Waals surface area (Å²) in [6.45, 7) is 5.61. The van der Waals surface area contributed by atoms with Crippen molar-refractivity contribution >= 4 is 0 Å². The molecule has 0 aliphatic heterocycles. The SMILES string of the molecule is CC(C)NCC1CCC1Cc1ccccn1. The first-order chi connectivity index (χ1) is 7.75. The van der Waals surface area contributed by atoms with Crippen LogP contribution in [0, 0.1) is 11.8 Å². The van der Waals surface area contributed by atoms with E-state index >= 15 is 0 Å². The normalized spacial score (nSPS) is 24.4. The zero-order chi connectivity index (χ0) is 11.4. The van der Waals surface area contributed by atoms with Gasteiger partial charge in [0.1, 0.15) is 0 Å². The molecule has 1 aromatic heterocycles. The third-order valence-electron chi connectivity index (χ3n) is 3.56. The molecule has 0 amide bonds. The zero-order valence-corrected chi connectivity index (χ0v) is 10.3. The van der Waals surface area contributed by atoms with Gasteiger partial charge in [0.15, 0.2) is 0 Å². The molecule has 0 aromatic carbocycles. The highest BCUT2D eigenvalue weighted by Crippen LogP contribution is 2.35. The smallest absolute Gasteiger partial charge is 0.0406 e. The van der Waals surface area contributed by atoms with Crippen molar-refractivity contribution in [1.29, 1.82) is 0 Å². The van der Waals surface area contributed by atoms with E-state index in [1.54, 1.807) is 0 Å². The van der Waals surface area contributed by atoms with Crippen molar-refractivity contribution in [3.63, 3.8) is 0 Å². The Morgan fingerprint density at radius 1 is 1.31 bits per heavy atom. The third kappa shape index (κ3) is 3.05. The Balaban J connectivity index is 1.78. The number of hydrogen-bond donors (Lipinski definition) is 1. The van der Waals surface area contributed by atoms with Gasteiger partial charge < -0.3 is 5.32 Å². The summed E-state index contributed by atoms with van der Waals surface area (Å²) in [5.41, 5.74) is 1.25. The number of pyridine rings is 1. The van der Waals surface area contributed by atoms with Crippen LogP contribution in [-0.4, -0.2) is 17.6 Å². The second-order valence-electron chi connectivity index (χ2n) is 5.19. The topological polar surface area (TPSA) is 24.9 Å². The minimum Gasteiger partial charge on any atom is -0.314 e. The minimum atomic E-state index is 0.608. The predicted molar refractivity (Wildman–Crippen MR) is 67.3 cm³/mol. The van der Waals surface area contributed by atoms with Crippen LogP contribution in [0.5, 0.6) is 0 Å². The monoisotopic (exact) mass is 218 g/mol. The first kappa shape index (κ1) is 11.6. The molecular weight excluding hydrogens is 196 g/mol. The zero-order valence-electron chi connectivity index (χ0n) is 10.3. The van der Waals surface area contributed by atoms with Crippen LogP contribution in [0.3, 0.4) is 0 Å². The van der Waals surface area contributed by atoms with E-state index < -0.39 is 0 Å². The molecule has 1 heterocycles. The Labute approximate surface area is 98.5 Å². The molecule has 1 aliphatic carbocycles. The van der Waals surface area contributed by atoms with Gasteiger partial charge in [-0.25, -0.2) is 0 Å². The summed E-state index contributed by atoms with van der Waals surface area (Å²) in [6, 6.07) is 6.83. The van der Waals surface area contributed by atoms with Gasteiger partial charge in [0.2, 0.25) is 0 Å². The molecule has 2 unspecified atom stereocenters. The molecule has 2 heteroatoms. The molecule has 1 aromatic rings. The number of hydrogen-bond acceptors (Lipinski definition) is 2. The van der Waals surface area contributed by atoms with E-state index in [4.69, 9.17) is 0 Å². The molecular formula is C14H22N2. The maximum Gasteiger partial charge on any atom is 0.0406 e. The van der Waals surface area contributed by atoms with E-state index in [9.17, 15) is 0 Å². The number of aromatic nitrogens is 1. The predicted octanol–water partition coefficient (Wildman–Crippen LogP) is 2.65. The van der Waals surface area contributed by atoms with Gasteiger partial charge in [0.25, 0.3) is 0 Å². The third-order valence-corrected chi connectivity index (χ3v) is 3.56. The van der Waals surface area contributed by atoms with Crippen molar-refractivity contribution in [2.24, 2.45) is 11.8 Å². The van der Waals surface area contributed by atoms with Gasteiger partial charge in [0, 0.05) is 17.9 Å². The van der Waals surface area contributed by atoms with Gasteiger partial charge in [-0.1, -0.05) is 19.9 Å². The largest absolute Gasteiger partial charge is 0.314 e. The highest BCUT2D eigenvalue weighted by atomic mass is 14.9. The second-order valence-corrected chi connectivity index (χ2v) is 5.19. The molecule has 88 valence electrons. The Bertz CT molecular complexity index is 308.